The van der Waals surface area contributed by atoms with Crippen LogP contribution >= 0.6 is 11.3 Å². The summed E-state index contributed by atoms with van der Waals surface area (Å²) in [4.78, 5) is 13.8. The number of fused-ring (bicyclic) bond motifs is 3. The zero-order valence-corrected chi connectivity index (χ0v) is 16.9. The maximum atomic E-state index is 13.0. The summed E-state index contributed by atoms with van der Waals surface area (Å²) in [5.41, 5.74) is 4.89. The van der Waals surface area contributed by atoms with Gasteiger partial charge in [-0.3, -0.25) is 4.79 Å². The Morgan fingerprint density at radius 3 is 2.59 bits per heavy atom. The van der Waals surface area contributed by atoms with Crippen LogP contribution in [0, 0.1) is 5.82 Å². The van der Waals surface area contributed by atoms with E-state index in [9.17, 15) is 9.18 Å². The highest BCUT2D eigenvalue weighted by Gasteiger charge is 2.33. The number of ether oxygens (including phenoxy) is 1. The predicted octanol–water partition coefficient (Wildman–Crippen LogP) is 5.82. The van der Waals surface area contributed by atoms with Crippen molar-refractivity contribution < 1.29 is 13.9 Å². The van der Waals surface area contributed by atoms with Crippen molar-refractivity contribution in [3.05, 3.63) is 81.5 Å². The predicted molar refractivity (Wildman–Crippen MR) is 113 cm³/mol. The Morgan fingerprint density at radius 2 is 1.79 bits per heavy atom. The molecule has 1 aromatic heterocycles. The van der Waals surface area contributed by atoms with Gasteiger partial charge in [0.05, 0.1) is 5.00 Å². The van der Waals surface area contributed by atoms with Crippen LogP contribution in [0.2, 0.25) is 0 Å². The molecule has 2 aromatic carbocycles. The molecule has 5 heteroatoms. The third-order valence-corrected chi connectivity index (χ3v) is 7.03. The number of nitrogens with one attached hydrogen (secondary N) is 1. The third kappa shape index (κ3) is 3.67. The molecule has 2 heterocycles. The summed E-state index contributed by atoms with van der Waals surface area (Å²) >= 11 is 1.77. The number of rotatable bonds is 4. The number of carbonyl (C=O) groups excluding carboxylic acids is 1. The van der Waals surface area contributed by atoms with Gasteiger partial charge in [0, 0.05) is 17.2 Å². The van der Waals surface area contributed by atoms with Crippen LogP contribution in [0.5, 0.6) is 5.75 Å². The van der Waals surface area contributed by atoms with Crippen LogP contribution in [0.25, 0.3) is 0 Å². The van der Waals surface area contributed by atoms with Gasteiger partial charge in [-0.05, 0) is 72.2 Å². The van der Waals surface area contributed by atoms with E-state index in [0.29, 0.717) is 13.0 Å². The summed E-state index contributed by atoms with van der Waals surface area (Å²) in [6, 6.07) is 14.4. The fourth-order valence-electron chi connectivity index (χ4n) is 4.35. The first kappa shape index (κ1) is 18.4. The van der Waals surface area contributed by atoms with Crippen molar-refractivity contribution >= 4 is 22.2 Å². The van der Waals surface area contributed by atoms with Crippen LogP contribution in [0.4, 0.5) is 9.39 Å². The largest absolute Gasteiger partial charge is 0.489 e. The van der Waals surface area contributed by atoms with E-state index in [4.69, 9.17) is 4.74 Å². The van der Waals surface area contributed by atoms with Crippen molar-refractivity contribution in [2.75, 3.05) is 5.32 Å². The zero-order valence-electron chi connectivity index (χ0n) is 16.0. The van der Waals surface area contributed by atoms with E-state index in [1.807, 2.05) is 12.1 Å². The summed E-state index contributed by atoms with van der Waals surface area (Å²) in [5, 5.41) is 4.15. The molecule has 1 amide bonds. The van der Waals surface area contributed by atoms with Crippen molar-refractivity contribution in [3.63, 3.8) is 0 Å². The number of halogens is 1. The van der Waals surface area contributed by atoms with Crippen LogP contribution in [-0.4, -0.2) is 5.91 Å². The van der Waals surface area contributed by atoms with Crippen molar-refractivity contribution in [3.8, 4) is 5.75 Å². The normalized spacial score (nSPS) is 18.0. The monoisotopic (exact) mass is 407 g/mol. The summed E-state index contributed by atoms with van der Waals surface area (Å²) in [7, 11) is 0. The van der Waals surface area contributed by atoms with Gasteiger partial charge in [-0.2, -0.15) is 0 Å². The van der Waals surface area contributed by atoms with Crippen LogP contribution in [0.15, 0.2) is 48.5 Å². The van der Waals surface area contributed by atoms with Crippen molar-refractivity contribution in [1.82, 2.24) is 0 Å². The van der Waals surface area contributed by atoms with Gasteiger partial charge >= 0.3 is 0 Å². The Balaban J connectivity index is 1.37. The number of anilines is 1. The average Bonchev–Trinajstić information content (AvgIpc) is 3.11. The molecule has 148 valence electrons. The molecule has 0 fully saturated rings. The van der Waals surface area contributed by atoms with Gasteiger partial charge in [0.2, 0.25) is 5.91 Å². The van der Waals surface area contributed by atoms with E-state index >= 15 is 0 Å². The second kappa shape index (κ2) is 7.64. The first-order valence-electron chi connectivity index (χ1n) is 10.1. The Hall–Kier alpha value is -2.66. The van der Waals surface area contributed by atoms with Crippen LogP contribution in [-0.2, 0) is 24.2 Å². The molecule has 1 N–H and O–H groups in total. The standard InChI is InChI=1S/C24H22FNO2S/c25-17-9-5-15(6-10-17)14-28-18-11-7-16(8-12-18)20-13-22(27)26-24-23(20)19-3-1-2-4-21(19)29-24/h5-12,20H,1-4,13-14H2,(H,26,27)/t20-/m1/s1. The molecule has 5 rings (SSSR count). The molecule has 0 spiro atoms. The number of amides is 1. The lowest BCUT2D eigenvalue weighted by Gasteiger charge is -2.25. The second-order valence-electron chi connectivity index (χ2n) is 7.74. The van der Waals surface area contributed by atoms with E-state index in [1.165, 1.54) is 41.0 Å². The topological polar surface area (TPSA) is 38.3 Å². The first-order chi connectivity index (χ1) is 14.2. The lowest BCUT2D eigenvalue weighted by molar-refractivity contribution is -0.116. The number of hydrogen-bond donors (Lipinski definition) is 1. The molecule has 3 aromatic rings. The Bertz CT molecular complexity index is 1040. The quantitative estimate of drug-likeness (QED) is 0.592. The van der Waals surface area contributed by atoms with Crippen molar-refractivity contribution in [2.24, 2.45) is 0 Å². The number of benzene rings is 2. The molecule has 1 atom stereocenters. The Kier molecular flexibility index (Phi) is 4.84. The highest BCUT2D eigenvalue weighted by Crippen LogP contribution is 2.47. The number of thiophene rings is 1. The number of carbonyl (C=O) groups is 1. The lowest BCUT2D eigenvalue weighted by atomic mass is 9.82. The third-order valence-electron chi connectivity index (χ3n) is 5.80. The minimum atomic E-state index is -0.246. The summed E-state index contributed by atoms with van der Waals surface area (Å²) < 4.78 is 18.9. The maximum absolute atomic E-state index is 13.0. The number of hydrogen-bond acceptors (Lipinski definition) is 3. The SMILES string of the molecule is O=C1C[C@H](c2ccc(OCc3ccc(F)cc3)cc2)c2c(sc3c2CCCC3)N1. The van der Waals surface area contributed by atoms with Gasteiger partial charge in [-0.15, -0.1) is 11.3 Å². The molecule has 2 aliphatic rings. The Morgan fingerprint density at radius 1 is 1.03 bits per heavy atom. The minimum absolute atomic E-state index is 0.0951. The molecule has 1 aliphatic carbocycles. The van der Waals surface area contributed by atoms with Crippen molar-refractivity contribution in [1.29, 1.82) is 0 Å². The number of aryl methyl sites for hydroxylation is 1. The molecule has 0 bridgehead atoms. The lowest BCUT2D eigenvalue weighted by Crippen LogP contribution is -2.23. The summed E-state index contributed by atoms with van der Waals surface area (Å²) in [6.07, 6.45) is 5.21. The smallest absolute Gasteiger partial charge is 0.225 e. The van der Waals surface area contributed by atoms with Gasteiger partial charge in [-0.1, -0.05) is 24.3 Å². The van der Waals surface area contributed by atoms with Gasteiger partial charge in [0.15, 0.2) is 0 Å². The average molecular weight is 408 g/mol. The zero-order chi connectivity index (χ0) is 19.8. The van der Waals surface area contributed by atoms with Gasteiger partial charge in [-0.25, -0.2) is 4.39 Å². The van der Waals surface area contributed by atoms with Crippen LogP contribution < -0.4 is 10.1 Å². The highest BCUT2D eigenvalue weighted by molar-refractivity contribution is 7.16. The van der Waals surface area contributed by atoms with E-state index in [2.05, 4.69) is 17.4 Å². The van der Waals surface area contributed by atoms with Gasteiger partial charge < -0.3 is 10.1 Å². The summed E-state index contributed by atoms with van der Waals surface area (Å²) in [5.74, 6) is 0.733. The fourth-order valence-corrected chi connectivity index (χ4v) is 5.71. The van der Waals surface area contributed by atoms with E-state index in [0.717, 1.165) is 34.7 Å². The van der Waals surface area contributed by atoms with Crippen molar-refractivity contribution in [2.45, 2.75) is 44.6 Å². The van der Waals surface area contributed by atoms with E-state index in [1.54, 1.807) is 23.5 Å². The van der Waals surface area contributed by atoms with E-state index < -0.39 is 0 Å². The van der Waals surface area contributed by atoms with Crippen LogP contribution in [0.3, 0.4) is 0 Å². The molecule has 3 nitrogen and oxygen atoms in total. The minimum Gasteiger partial charge on any atom is -0.489 e. The molecule has 1 aliphatic heterocycles. The molecule has 0 saturated carbocycles. The highest BCUT2D eigenvalue weighted by atomic mass is 32.1. The molecule has 0 unspecified atom stereocenters. The maximum Gasteiger partial charge on any atom is 0.225 e. The molecular formula is C24H22FNO2S. The summed E-state index contributed by atoms with van der Waals surface area (Å²) in [6.45, 7) is 0.396. The van der Waals surface area contributed by atoms with E-state index in [-0.39, 0.29) is 17.6 Å². The molecule has 29 heavy (non-hydrogen) atoms. The second-order valence-corrected chi connectivity index (χ2v) is 8.85. The fraction of sp³-hybridized carbons (Fsp3) is 0.292. The Labute approximate surface area is 173 Å². The molecule has 0 radical (unpaired) electrons. The molecule has 0 saturated heterocycles. The first-order valence-corrected chi connectivity index (χ1v) is 10.9. The molecular weight excluding hydrogens is 385 g/mol. The van der Waals surface area contributed by atoms with Gasteiger partial charge in [0.25, 0.3) is 0 Å². The van der Waals surface area contributed by atoms with Crippen LogP contribution in [0.1, 0.15) is 52.3 Å². The van der Waals surface area contributed by atoms with Gasteiger partial charge in [0.1, 0.15) is 18.2 Å².